The molecule has 0 fully saturated rings. The number of para-hydroxylation sites is 1. The molecule has 0 saturated heterocycles. The van der Waals surface area contributed by atoms with Gasteiger partial charge in [0.2, 0.25) is 5.82 Å². The molecule has 29 heavy (non-hydrogen) atoms. The van der Waals surface area contributed by atoms with Crippen molar-refractivity contribution in [1.82, 2.24) is 14.8 Å². The molecule has 3 rings (SSSR count). The van der Waals surface area contributed by atoms with E-state index < -0.39 is 14.0 Å². The summed E-state index contributed by atoms with van der Waals surface area (Å²) >= 11 is 0. The van der Waals surface area contributed by atoms with Gasteiger partial charge in [0.15, 0.2) is 5.82 Å². The van der Waals surface area contributed by atoms with Gasteiger partial charge in [0.1, 0.15) is 12.5 Å². The van der Waals surface area contributed by atoms with Gasteiger partial charge in [-0.25, -0.2) is 9.67 Å². The lowest BCUT2D eigenvalue weighted by atomic mass is 10.0. The minimum Gasteiger partial charge on any atom is -0.507 e. The van der Waals surface area contributed by atoms with Gasteiger partial charge in [-0.05, 0) is 17.7 Å². The van der Waals surface area contributed by atoms with Crippen molar-refractivity contribution in [3.8, 4) is 28.3 Å². The fourth-order valence-electron chi connectivity index (χ4n) is 2.84. The maximum atomic E-state index is 11.6. The summed E-state index contributed by atoms with van der Waals surface area (Å²) in [6.07, 6.45) is 0. The fraction of sp³-hybridized carbons (Fsp3) is 0.286. The zero-order valence-corrected chi connectivity index (χ0v) is 17.9. The van der Waals surface area contributed by atoms with Crippen molar-refractivity contribution in [1.29, 1.82) is 0 Å². The first-order valence-corrected chi connectivity index (χ1v) is 13.2. The summed E-state index contributed by atoms with van der Waals surface area (Å²) < 4.78 is 7.23. The largest absolute Gasteiger partial charge is 0.507 e. The third kappa shape index (κ3) is 5.10. The monoisotopic (exact) mass is 410 g/mol. The summed E-state index contributed by atoms with van der Waals surface area (Å²) in [6.45, 7) is 7.53. The van der Waals surface area contributed by atoms with Gasteiger partial charge in [0.25, 0.3) is 5.91 Å². The van der Waals surface area contributed by atoms with E-state index in [4.69, 9.17) is 10.5 Å². The second-order valence-electron chi connectivity index (χ2n) is 8.04. The number of amides is 1. The molecule has 0 aliphatic rings. The number of benzene rings is 2. The summed E-state index contributed by atoms with van der Waals surface area (Å²) in [4.78, 5) is 15.9. The van der Waals surface area contributed by atoms with Crippen molar-refractivity contribution < 1.29 is 14.6 Å². The third-order valence-corrected chi connectivity index (χ3v) is 6.17. The fourth-order valence-corrected chi connectivity index (χ4v) is 3.60. The van der Waals surface area contributed by atoms with E-state index in [1.807, 2.05) is 42.5 Å². The normalized spacial score (nSPS) is 11.6. The molecule has 0 aliphatic carbocycles. The quantitative estimate of drug-likeness (QED) is 0.435. The molecule has 0 spiro atoms. The lowest BCUT2D eigenvalue weighted by Gasteiger charge is -2.16. The average Bonchev–Trinajstić information content (AvgIpc) is 3.10. The van der Waals surface area contributed by atoms with Gasteiger partial charge in [-0.1, -0.05) is 62.1 Å². The van der Waals surface area contributed by atoms with Crippen molar-refractivity contribution in [2.75, 3.05) is 6.61 Å². The Hall–Kier alpha value is -2.97. The molecule has 1 amide bonds. The Labute approximate surface area is 171 Å². The first-order chi connectivity index (χ1) is 13.8. The molecule has 1 heterocycles. The number of nitrogens with zero attached hydrogens (tertiary/aromatic N) is 3. The van der Waals surface area contributed by atoms with Crippen LogP contribution < -0.4 is 5.73 Å². The molecule has 0 bridgehead atoms. The standard InChI is InChI=1S/C21H26N4O3Si/c1-29(2,3)13-12-28-14-25-21(23-20(24-25)19(22)27)17-11-7-10-16(18(17)26)15-8-5-4-6-9-15/h4-11,26H,12-14H2,1-3H3,(H2,22,27). The molecular weight excluding hydrogens is 384 g/mol. The van der Waals surface area contributed by atoms with Crippen LogP contribution in [0.1, 0.15) is 10.6 Å². The number of hydrogen-bond acceptors (Lipinski definition) is 5. The Morgan fingerprint density at radius 1 is 1.10 bits per heavy atom. The average molecular weight is 411 g/mol. The highest BCUT2D eigenvalue weighted by Crippen LogP contribution is 2.37. The SMILES string of the molecule is C[Si](C)(C)CCOCn1nc(C(N)=O)nc1-c1cccc(-c2ccccc2)c1O. The number of carbonyl (C=O) groups excluding carboxylic acids is 1. The maximum absolute atomic E-state index is 11.6. The van der Waals surface area contributed by atoms with E-state index in [1.165, 1.54) is 4.68 Å². The van der Waals surface area contributed by atoms with E-state index in [1.54, 1.807) is 6.07 Å². The summed E-state index contributed by atoms with van der Waals surface area (Å²) in [5.74, 6) is -0.448. The summed E-state index contributed by atoms with van der Waals surface area (Å²) in [7, 11) is -1.22. The third-order valence-electron chi connectivity index (χ3n) is 4.46. The highest BCUT2D eigenvalue weighted by molar-refractivity contribution is 6.76. The molecule has 7 nitrogen and oxygen atoms in total. The molecule has 0 unspecified atom stereocenters. The Morgan fingerprint density at radius 2 is 1.79 bits per heavy atom. The molecule has 8 heteroatoms. The lowest BCUT2D eigenvalue weighted by Crippen LogP contribution is -2.22. The highest BCUT2D eigenvalue weighted by Gasteiger charge is 2.20. The van der Waals surface area contributed by atoms with Crippen LogP contribution in [-0.2, 0) is 11.5 Å². The minimum absolute atomic E-state index is 0.0606. The zero-order chi connectivity index (χ0) is 21.0. The van der Waals surface area contributed by atoms with Gasteiger partial charge in [0.05, 0.1) is 5.56 Å². The number of aromatic nitrogens is 3. The van der Waals surface area contributed by atoms with Crippen LogP contribution in [-0.4, -0.2) is 40.5 Å². The number of phenolic OH excluding ortho intramolecular Hbond substituents is 1. The molecule has 2 aromatic carbocycles. The van der Waals surface area contributed by atoms with Gasteiger partial charge < -0.3 is 15.6 Å². The lowest BCUT2D eigenvalue weighted by molar-refractivity contribution is 0.0789. The first kappa shape index (κ1) is 20.8. The Bertz CT molecular complexity index is 997. The van der Waals surface area contributed by atoms with E-state index >= 15 is 0 Å². The van der Waals surface area contributed by atoms with Crippen molar-refractivity contribution in [3.63, 3.8) is 0 Å². The van der Waals surface area contributed by atoms with Gasteiger partial charge in [-0.15, -0.1) is 5.10 Å². The molecule has 0 atom stereocenters. The number of hydrogen-bond donors (Lipinski definition) is 2. The Morgan fingerprint density at radius 3 is 2.45 bits per heavy atom. The summed E-state index contributed by atoms with van der Waals surface area (Å²) in [5, 5.41) is 15.1. The number of phenols is 1. The predicted octanol–water partition coefficient (Wildman–Crippen LogP) is 3.73. The van der Waals surface area contributed by atoms with Crippen molar-refractivity contribution >= 4 is 14.0 Å². The second kappa shape index (κ2) is 8.58. The summed E-state index contributed by atoms with van der Waals surface area (Å²) in [6, 6.07) is 15.9. The predicted molar refractivity (Wildman–Crippen MR) is 115 cm³/mol. The Balaban J connectivity index is 1.94. The number of aromatic hydroxyl groups is 1. The van der Waals surface area contributed by atoms with E-state index in [-0.39, 0.29) is 18.3 Å². The number of primary amides is 1. The van der Waals surface area contributed by atoms with Crippen molar-refractivity contribution in [3.05, 3.63) is 54.4 Å². The first-order valence-electron chi connectivity index (χ1n) is 9.46. The van der Waals surface area contributed by atoms with Crippen LogP contribution in [0.15, 0.2) is 48.5 Å². The van der Waals surface area contributed by atoms with Crippen LogP contribution in [0, 0.1) is 0 Å². The summed E-state index contributed by atoms with van der Waals surface area (Å²) in [5.41, 5.74) is 7.37. The molecule has 0 radical (unpaired) electrons. The van der Waals surface area contributed by atoms with Crippen LogP contribution in [0.25, 0.3) is 22.5 Å². The molecule has 1 aromatic heterocycles. The number of nitrogens with two attached hydrogens (primary N) is 1. The minimum atomic E-state index is -1.22. The van der Waals surface area contributed by atoms with Gasteiger partial charge in [-0.3, -0.25) is 4.79 Å². The van der Waals surface area contributed by atoms with Crippen molar-refractivity contribution in [2.24, 2.45) is 5.73 Å². The molecule has 152 valence electrons. The number of carbonyl (C=O) groups is 1. The van der Waals surface area contributed by atoms with E-state index in [2.05, 4.69) is 29.7 Å². The van der Waals surface area contributed by atoms with E-state index in [0.29, 0.717) is 23.6 Å². The number of rotatable bonds is 8. The van der Waals surface area contributed by atoms with Gasteiger partial charge in [-0.2, -0.15) is 0 Å². The van der Waals surface area contributed by atoms with Crippen LogP contribution in [0.4, 0.5) is 0 Å². The zero-order valence-electron chi connectivity index (χ0n) is 16.9. The Kier molecular flexibility index (Phi) is 6.14. The van der Waals surface area contributed by atoms with E-state index in [9.17, 15) is 9.90 Å². The molecule has 3 N–H and O–H groups in total. The number of ether oxygens (including phenoxy) is 1. The molecule has 0 aliphatic heterocycles. The molecule has 3 aromatic rings. The molecular formula is C21H26N4O3Si. The van der Waals surface area contributed by atoms with Crippen LogP contribution in [0.3, 0.4) is 0 Å². The van der Waals surface area contributed by atoms with Crippen LogP contribution >= 0.6 is 0 Å². The van der Waals surface area contributed by atoms with E-state index in [0.717, 1.165) is 11.6 Å². The van der Waals surface area contributed by atoms with Gasteiger partial charge in [0, 0.05) is 20.2 Å². The van der Waals surface area contributed by atoms with Gasteiger partial charge >= 0.3 is 0 Å². The molecule has 0 saturated carbocycles. The van der Waals surface area contributed by atoms with Crippen LogP contribution in [0.5, 0.6) is 5.75 Å². The topological polar surface area (TPSA) is 103 Å². The van der Waals surface area contributed by atoms with Crippen LogP contribution in [0.2, 0.25) is 25.7 Å². The maximum Gasteiger partial charge on any atom is 0.288 e. The van der Waals surface area contributed by atoms with Crippen molar-refractivity contribution in [2.45, 2.75) is 32.4 Å². The second-order valence-corrected chi connectivity index (χ2v) is 13.7. The smallest absolute Gasteiger partial charge is 0.288 e. The highest BCUT2D eigenvalue weighted by atomic mass is 28.3.